The topological polar surface area (TPSA) is 128 Å². The zero-order valence-corrected chi connectivity index (χ0v) is 9.65. The number of aromatic nitrogens is 2. The molecule has 0 aromatic carbocycles. The van der Waals surface area contributed by atoms with Gasteiger partial charge < -0.3 is 25.0 Å². The molecule has 0 unspecified atom stereocenters. The highest BCUT2D eigenvalue weighted by Gasteiger charge is 2.40. The molecule has 4 N–H and O–H groups in total. The maximum absolute atomic E-state index is 11.7. The summed E-state index contributed by atoms with van der Waals surface area (Å²) in [6, 6.07) is 0. The number of aliphatic hydroxyl groups is 3. The third-order valence-electron chi connectivity index (χ3n) is 3.02. The van der Waals surface area contributed by atoms with Crippen LogP contribution in [0.2, 0.25) is 0 Å². The van der Waals surface area contributed by atoms with Crippen LogP contribution in [0.5, 0.6) is 0 Å². The molecule has 0 radical (unpaired) electrons. The minimum atomic E-state index is -1.35. The molecule has 2 aliphatic rings. The summed E-state index contributed by atoms with van der Waals surface area (Å²) in [5, 5.41) is 28.7. The number of rotatable bonds is 1. The van der Waals surface area contributed by atoms with Crippen molar-refractivity contribution in [2.45, 2.75) is 18.3 Å². The van der Waals surface area contributed by atoms with Gasteiger partial charge in [-0.05, 0) is 6.08 Å². The minimum absolute atomic E-state index is 0.0213. The SMILES string of the molecule is O=c1[nH]c(=C2O[C@H](CO)[C@@H](O)[C@H]2O)nc2c1=NC=C2. The van der Waals surface area contributed by atoms with Gasteiger partial charge in [0, 0.05) is 6.20 Å². The van der Waals surface area contributed by atoms with Crippen molar-refractivity contribution in [3.05, 3.63) is 33.1 Å². The van der Waals surface area contributed by atoms with Crippen molar-refractivity contribution in [1.29, 1.82) is 0 Å². The van der Waals surface area contributed by atoms with E-state index in [9.17, 15) is 15.0 Å². The molecule has 0 saturated carbocycles. The normalized spacial score (nSPS) is 31.0. The first-order valence-electron chi connectivity index (χ1n) is 5.64. The standard InChI is InChI=1S/C11H11N3O5/c15-3-5-7(16)8(17)9(19-5)10-13-4-1-2-12-6(4)11(18)14-10/h1-2,5,7-8,15-17H,3H2,(H,14,18)/t5-,7-,8-/m1/s1. The first-order valence-corrected chi connectivity index (χ1v) is 5.64. The molecule has 1 aromatic heterocycles. The van der Waals surface area contributed by atoms with E-state index < -0.39 is 30.5 Å². The van der Waals surface area contributed by atoms with Gasteiger partial charge >= 0.3 is 0 Å². The first-order chi connectivity index (χ1) is 9.11. The summed E-state index contributed by atoms with van der Waals surface area (Å²) in [6.45, 7) is -0.452. The Morgan fingerprint density at radius 1 is 1.42 bits per heavy atom. The molecule has 1 fully saturated rings. The molecule has 0 spiro atoms. The lowest BCUT2D eigenvalue weighted by Gasteiger charge is -2.09. The van der Waals surface area contributed by atoms with Crippen LogP contribution >= 0.6 is 0 Å². The molecule has 1 saturated heterocycles. The Morgan fingerprint density at radius 2 is 2.21 bits per heavy atom. The average Bonchev–Trinajstić information content (AvgIpc) is 2.96. The Morgan fingerprint density at radius 3 is 2.89 bits per heavy atom. The fraction of sp³-hybridized carbons (Fsp3) is 0.364. The van der Waals surface area contributed by atoms with Crippen LogP contribution in [-0.4, -0.2) is 50.2 Å². The highest BCUT2D eigenvalue weighted by atomic mass is 16.5. The lowest BCUT2D eigenvalue weighted by atomic mass is 10.1. The molecule has 100 valence electrons. The van der Waals surface area contributed by atoms with Gasteiger partial charge in [0.15, 0.2) is 22.7 Å². The molecule has 3 rings (SSSR count). The molecule has 8 nitrogen and oxygen atoms in total. The lowest BCUT2D eigenvalue weighted by Crippen LogP contribution is -2.39. The van der Waals surface area contributed by atoms with E-state index in [4.69, 9.17) is 9.84 Å². The van der Waals surface area contributed by atoms with Gasteiger partial charge in [-0.15, -0.1) is 0 Å². The fourth-order valence-electron chi connectivity index (χ4n) is 2.03. The van der Waals surface area contributed by atoms with Crippen LogP contribution in [0, 0.1) is 0 Å². The van der Waals surface area contributed by atoms with Crippen LogP contribution < -0.4 is 16.4 Å². The van der Waals surface area contributed by atoms with Crippen LogP contribution in [-0.2, 0) is 4.74 Å². The highest BCUT2D eigenvalue weighted by Crippen LogP contribution is 2.23. The maximum atomic E-state index is 11.7. The van der Waals surface area contributed by atoms with E-state index in [-0.39, 0.29) is 16.6 Å². The van der Waals surface area contributed by atoms with Crippen molar-refractivity contribution < 1.29 is 20.1 Å². The minimum Gasteiger partial charge on any atom is -0.483 e. The summed E-state index contributed by atoms with van der Waals surface area (Å²) in [5.74, 6) is -0.0632. The fourth-order valence-corrected chi connectivity index (χ4v) is 2.03. The van der Waals surface area contributed by atoms with Crippen molar-refractivity contribution >= 4 is 11.8 Å². The Hall–Kier alpha value is -2.03. The maximum Gasteiger partial charge on any atom is 0.277 e. The zero-order chi connectivity index (χ0) is 13.6. The number of hydrogen-bond acceptors (Lipinski definition) is 7. The molecular weight excluding hydrogens is 254 g/mol. The van der Waals surface area contributed by atoms with Crippen LogP contribution in [0.4, 0.5) is 0 Å². The number of ether oxygens (including phenoxy) is 1. The van der Waals surface area contributed by atoms with Gasteiger partial charge in [0.05, 0.1) is 12.3 Å². The van der Waals surface area contributed by atoms with Gasteiger partial charge in [0.2, 0.25) is 0 Å². The third-order valence-corrected chi connectivity index (χ3v) is 3.02. The molecule has 8 heteroatoms. The van der Waals surface area contributed by atoms with Crippen LogP contribution in [0.3, 0.4) is 0 Å². The Balaban J connectivity index is 2.20. The molecule has 2 aliphatic heterocycles. The molecule has 3 heterocycles. The summed E-state index contributed by atoms with van der Waals surface area (Å²) in [6.07, 6.45) is -0.558. The first kappa shape index (κ1) is 12.0. The van der Waals surface area contributed by atoms with Crippen molar-refractivity contribution in [1.82, 2.24) is 9.97 Å². The number of nitrogens with one attached hydrogen (secondary N) is 1. The molecular formula is C11H11N3O5. The molecule has 0 amide bonds. The quantitative estimate of drug-likeness (QED) is 0.419. The summed E-state index contributed by atoms with van der Waals surface area (Å²) in [7, 11) is 0. The van der Waals surface area contributed by atoms with Crippen molar-refractivity contribution in [2.75, 3.05) is 6.61 Å². The molecule has 0 aliphatic carbocycles. The lowest BCUT2D eigenvalue weighted by molar-refractivity contribution is -0.00176. The Bertz CT molecular complexity index is 723. The van der Waals surface area contributed by atoms with E-state index in [2.05, 4.69) is 15.0 Å². The van der Waals surface area contributed by atoms with Crippen molar-refractivity contribution in [2.24, 2.45) is 4.99 Å². The van der Waals surface area contributed by atoms with Gasteiger partial charge in [-0.25, -0.2) is 9.98 Å². The van der Waals surface area contributed by atoms with E-state index in [0.717, 1.165) is 0 Å². The largest absolute Gasteiger partial charge is 0.483 e. The highest BCUT2D eigenvalue weighted by molar-refractivity contribution is 5.48. The van der Waals surface area contributed by atoms with Gasteiger partial charge in [-0.3, -0.25) is 4.79 Å². The zero-order valence-electron chi connectivity index (χ0n) is 9.65. The van der Waals surface area contributed by atoms with Crippen molar-refractivity contribution in [3.8, 4) is 0 Å². The van der Waals surface area contributed by atoms with E-state index >= 15 is 0 Å². The molecule has 3 atom stereocenters. The average molecular weight is 265 g/mol. The summed E-state index contributed by atoms with van der Waals surface area (Å²) in [4.78, 5) is 22.1. The second-order valence-electron chi connectivity index (χ2n) is 4.23. The van der Waals surface area contributed by atoms with Crippen LogP contribution in [0.25, 0.3) is 11.8 Å². The van der Waals surface area contributed by atoms with E-state index in [1.54, 1.807) is 6.08 Å². The van der Waals surface area contributed by atoms with Gasteiger partial charge in [0.25, 0.3) is 5.56 Å². The molecule has 1 aromatic rings. The van der Waals surface area contributed by atoms with Crippen molar-refractivity contribution in [3.63, 3.8) is 0 Å². The summed E-state index contributed by atoms with van der Waals surface area (Å²) < 4.78 is 5.22. The van der Waals surface area contributed by atoms with Crippen LogP contribution in [0.15, 0.2) is 16.0 Å². The Labute approximate surface area is 106 Å². The van der Waals surface area contributed by atoms with E-state index in [0.29, 0.717) is 5.69 Å². The number of aliphatic hydroxyl groups excluding tert-OH is 3. The van der Waals surface area contributed by atoms with E-state index in [1.165, 1.54) is 6.20 Å². The van der Waals surface area contributed by atoms with Gasteiger partial charge in [-0.1, -0.05) is 0 Å². The smallest absolute Gasteiger partial charge is 0.277 e. The van der Waals surface area contributed by atoms with Gasteiger partial charge in [-0.2, -0.15) is 0 Å². The monoisotopic (exact) mass is 265 g/mol. The summed E-state index contributed by atoms with van der Waals surface area (Å²) >= 11 is 0. The number of H-pyrrole nitrogens is 1. The van der Waals surface area contributed by atoms with Gasteiger partial charge in [0.1, 0.15) is 12.2 Å². The predicted octanol–water partition coefficient (Wildman–Crippen LogP) is -3.41. The number of nitrogens with zero attached hydrogens (tertiary/aromatic N) is 2. The number of aromatic amines is 1. The molecule has 0 bridgehead atoms. The second kappa shape index (κ2) is 4.26. The third kappa shape index (κ3) is 1.77. The second-order valence-corrected chi connectivity index (χ2v) is 4.23. The van der Waals surface area contributed by atoms with Crippen LogP contribution in [0.1, 0.15) is 5.69 Å². The Kier molecular flexibility index (Phi) is 2.70. The molecule has 19 heavy (non-hydrogen) atoms. The van der Waals surface area contributed by atoms with E-state index in [1.807, 2.05) is 0 Å². The number of fused-ring (bicyclic) bond motifs is 1. The predicted molar refractivity (Wildman–Crippen MR) is 62.1 cm³/mol. The number of hydrogen-bond donors (Lipinski definition) is 4. The summed E-state index contributed by atoms with van der Waals surface area (Å²) in [5.41, 5.74) is -0.0766.